The van der Waals surface area contributed by atoms with Gasteiger partial charge >= 0.3 is 6.09 Å². The molecule has 0 radical (unpaired) electrons. The summed E-state index contributed by atoms with van der Waals surface area (Å²) in [6.45, 7) is 5.32. The first-order chi connectivity index (χ1) is 12.6. The number of carbonyl (C=O) groups excluding carboxylic acids is 2. The molecule has 1 spiro atoms. The Bertz CT molecular complexity index is 622. The van der Waals surface area contributed by atoms with E-state index in [9.17, 15) is 9.59 Å². The van der Waals surface area contributed by atoms with Crippen LogP contribution in [0.5, 0.6) is 0 Å². The maximum Gasteiger partial charge on any atom is 0.409 e. The summed E-state index contributed by atoms with van der Waals surface area (Å²) in [5.41, 5.74) is 1.04. The zero-order chi connectivity index (χ0) is 18.4. The number of piperidine rings is 2. The summed E-state index contributed by atoms with van der Waals surface area (Å²) in [5, 5.41) is 0. The molecule has 1 aromatic heterocycles. The molecule has 0 aromatic carbocycles. The maximum absolute atomic E-state index is 12.4. The van der Waals surface area contributed by atoms with E-state index in [0.717, 1.165) is 44.2 Å². The lowest BCUT2D eigenvalue weighted by molar-refractivity contribution is -0.139. The predicted molar refractivity (Wildman–Crippen MR) is 98.4 cm³/mol. The molecule has 1 atom stereocenters. The van der Waals surface area contributed by atoms with Crippen LogP contribution < -0.4 is 0 Å². The highest BCUT2D eigenvalue weighted by Gasteiger charge is 2.43. The van der Waals surface area contributed by atoms with Gasteiger partial charge in [-0.05, 0) is 37.3 Å². The molecule has 1 unspecified atom stereocenters. The first-order valence-corrected chi connectivity index (χ1v) is 9.70. The van der Waals surface area contributed by atoms with E-state index >= 15 is 0 Å². The van der Waals surface area contributed by atoms with Gasteiger partial charge in [-0.25, -0.2) is 4.79 Å². The summed E-state index contributed by atoms with van der Waals surface area (Å²) in [6.07, 6.45) is 8.71. The third-order valence-corrected chi connectivity index (χ3v) is 5.49. The number of likely N-dealkylation sites (tertiary alicyclic amines) is 2. The van der Waals surface area contributed by atoms with Crippen molar-refractivity contribution < 1.29 is 14.3 Å². The molecule has 0 aliphatic carbocycles. The van der Waals surface area contributed by atoms with E-state index in [0.29, 0.717) is 32.7 Å². The number of hydrogen-bond acceptors (Lipinski definition) is 4. The molecule has 6 nitrogen and oxygen atoms in total. The first-order valence-electron chi connectivity index (χ1n) is 9.70. The van der Waals surface area contributed by atoms with Gasteiger partial charge in [-0.3, -0.25) is 9.78 Å². The van der Waals surface area contributed by atoms with E-state index in [2.05, 4.69) is 11.9 Å². The number of unbranched alkanes of at least 4 members (excludes halogenated alkanes) is 1. The minimum Gasteiger partial charge on any atom is -0.449 e. The first kappa shape index (κ1) is 18.7. The average molecular weight is 359 g/mol. The Balaban J connectivity index is 1.62. The van der Waals surface area contributed by atoms with Gasteiger partial charge in [0.15, 0.2) is 0 Å². The Morgan fingerprint density at radius 3 is 3.00 bits per heavy atom. The molecule has 1 aromatic rings. The van der Waals surface area contributed by atoms with Crippen molar-refractivity contribution in [2.45, 2.75) is 52.0 Å². The van der Waals surface area contributed by atoms with Crippen molar-refractivity contribution in [3.05, 3.63) is 30.1 Å². The van der Waals surface area contributed by atoms with Gasteiger partial charge in [0.1, 0.15) is 0 Å². The highest BCUT2D eigenvalue weighted by molar-refractivity contribution is 5.77. The average Bonchev–Trinajstić information content (AvgIpc) is 2.66. The van der Waals surface area contributed by atoms with Crippen LogP contribution in [-0.4, -0.2) is 53.0 Å². The molecule has 0 N–H and O–H groups in total. The van der Waals surface area contributed by atoms with Gasteiger partial charge in [0.2, 0.25) is 5.91 Å². The Kier molecular flexibility index (Phi) is 6.12. The van der Waals surface area contributed by atoms with E-state index in [-0.39, 0.29) is 17.4 Å². The second-order valence-electron chi connectivity index (χ2n) is 7.60. The number of rotatable bonds is 5. The standard InChI is InChI=1S/C20H29N3O3/c1-2-3-12-26-19(25)22-11-5-8-20(15-22)9-7-18(24)23(16-20)14-17-6-4-10-21-13-17/h4,6,10,13H,2-3,5,7-9,11-12,14-16H2,1H3. The van der Waals surface area contributed by atoms with Gasteiger partial charge in [-0.15, -0.1) is 0 Å². The third-order valence-electron chi connectivity index (χ3n) is 5.49. The fraction of sp³-hybridized carbons (Fsp3) is 0.650. The van der Waals surface area contributed by atoms with Crippen molar-refractivity contribution in [1.29, 1.82) is 0 Å². The highest BCUT2D eigenvalue weighted by atomic mass is 16.6. The number of ether oxygens (including phenoxy) is 1. The van der Waals surface area contributed by atoms with Gasteiger partial charge < -0.3 is 14.5 Å². The van der Waals surface area contributed by atoms with Crippen LogP contribution in [0.4, 0.5) is 4.79 Å². The summed E-state index contributed by atoms with van der Waals surface area (Å²) in [5.74, 6) is 0.196. The molecule has 2 fully saturated rings. The lowest BCUT2D eigenvalue weighted by atomic mass is 9.73. The summed E-state index contributed by atoms with van der Waals surface area (Å²) < 4.78 is 5.40. The summed E-state index contributed by atoms with van der Waals surface area (Å²) in [4.78, 5) is 32.7. The molecular formula is C20H29N3O3. The lowest BCUT2D eigenvalue weighted by Gasteiger charge is -2.47. The molecule has 2 aliphatic heterocycles. The molecule has 3 heterocycles. The van der Waals surface area contributed by atoms with E-state index in [1.54, 1.807) is 6.20 Å². The normalized spacial score (nSPS) is 23.3. The second kappa shape index (κ2) is 8.52. The smallest absolute Gasteiger partial charge is 0.409 e. The molecule has 142 valence electrons. The van der Waals surface area contributed by atoms with Crippen molar-refractivity contribution in [3.8, 4) is 0 Å². The van der Waals surface area contributed by atoms with Crippen LogP contribution in [-0.2, 0) is 16.1 Å². The number of amides is 2. The Morgan fingerprint density at radius 2 is 2.23 bits per heavy atom. The summed E-state index contributed by atoms with van der Waals surface area (Å²) in [7, 11) is 0. The van der Waals surface area contributed by atoms with Gasteiger partial charge in [-0.2, -0.15) is 0 Å². The van der Waals surface area contributed by atoms with Crippen LogP contribution in [0.1, 0.15) is 51.0 Å². The third kappa shape index (κ3) is 4.54. The second-order valence-corrected chi connectivity index (χ2v) is 7.60. The number of nitrogens with zero attached hydrogens (tertiary/aromatic N) is 3. The number of pyridine rings is 1. The molecule has 3 rings (SSSR count). The van der Waals surface area contributed by atoms with Crippen molar-refractivity contribution in [2.24, 2.45) is 5.41 Å². The largest absolute Gasteiger partial charge is 0.449 e. The molecule has 2 amide bonds. The minimum absolute atomic E-state index is 0.00184. The van der Waals surface area contributed by atoms with Crippen molar-refractivity contribution in [2.75, 3.05) is 26.2 Å². The van der Waals surface area contributed by atoms with Crippen molar-refractivity contribution >= 4 is 12.0 Å². The molecule has 2 aliphatic rings. The zero-order valence-electron chi connectivity index (χ0n) is 15.7. The molecular weight excluding hydrogens is 330 g/mol. The minimum atomic E-state index is -0.201. The molecule has 26 heavy (non-hydrogen) atoms. The van der Waals surface area contributed by atoms with E-state index in [1.807, 2.05) is 28.1 Å². The number of hydrogen-bond donors (Lipinski definition) is 0. The summed E-state index contributed by atoms with van der Waals surface area (Å²) in [6, 6.07) is 3.90. The van der Waals surface area contributed by atoms with Crippen LogP contribution in [0.3, 0.4) is 0 Å². The van der Waals surface area contributed by atoms with Gasteiger partial charge in [0, 0.05) is 50.4 Å². The van der Waals surface area contributed by atoms with Gasteiger partial charge in [0.05, 0.1) is 6.61 Å². The van der Waals surface area contributed by atoms with Crippen LogP contribution in [0, 0.1) is 5.41 Å². The molecule has 0 bridgehead atoms. The zero-order valence-corrected chi connectivity index (χ0v) is 15.7. The number of carbonyl (C=O) groups is 2. The SMILES string of the molecule is CCCCOC(=O)N1CCCC2(CCC(=O)N(Cc3cccnc3)C2)C1. The van der Waals surface area contributed by atoms with Crippen molar-refractivity contribution in [3.63, 3.8) is 0 Å². The fourth-order valence-electron chi connectivity index (χ4n) is 4.05. The highest BCUT2D eigenvalue weighted by Crippen LogP contribution is 2.39. The van der Waals surface area contributed by atoms with Crippen molar-refractivity contribution in [1.82, 2.24) is 14.8 Å². The Labute approximate surface area is 155 Å². The van der Waals surface area contributed by atoms with Gasteiger partial charge in [0.25, 0.3) is 0 Å². The Hall–Kier alpha value is -2.11. The van der Waals surface area contributed by atoms with E-state index in [1.165, 1.54) is 0 Å². The summed E-state index contributed by atoms with van der Waals surface area (Å²) >= 11 is 0. The lowest BCUT2D eigenvalue weighted by Crippen LogP contribution is -2.54. The van der Waals surface area contributed by atoms with E-state index < -0.39 is 0 Å². The van der Waals surface area contributed by atoms with Crippen LogP contribution in [0.15, 0.2) is 24.5 Å². The quantitative estimate of drug-likeness (QED) is 0.757. The Morgan fingerprint density at radius 1 is 1.35 bits per heavy atom. The van der Waals surface area contributed by atoms with E-state index in [4.69, 9.17) is 4.74 Å². The van der Waals surface area contributed by atoms with Crippen LogP contribution >= 0.6 is 0 Å². The number of aromatic nitrogens is 1. The monoisotopic (exact) mass is 359 g/mol. The molecule has 6 heteroatoms. The maximum atomic E-state index is 12.4. The van der Waals surface area contributed by atoms with Gasteiger partial charge in [-0.1, -0.05) is 19.4 Å². The predicted octanol–water partition coefficient (Wildman–Crippen LogP) is 3.22. The van der Waals surface area contributed by atoms with Crippen LogP contribution in [0.25, 0.3) is 0 Å². The fourth-order valence-corrected chi connectivity index (χ4v) is 4.05. The van der Waals surface area contributed by atoms with Crippen LogP contribution in [0.2, 0.25) is 0 Å². The topological polar surface area (TPSA) is 62.7 Å². The molecule has 0 saturated carbocycles. The molecule has 2 saturated heterocycles.